The van der Waals surface area contributed by atoms with Crippen molar-refractivity contribution in [3.8, 4) is 45.0 Å². The van der Waals surface area contributed by atoms with Crippen LogP contribution < -0.4 is 43.5 Å². The Morgan fingerprint density at radius 2 is 0.698 bits per heavy atom. The molecule has 29 heteroatoms. The Kier molecular flexibility index (Phi) is 28.3. The SMILES string of the molecule is CC(C)N1CCN(C(=O)c2ccc(Nc3ccc(-c4cc[nH]c(=O)c4)n4ccnc34)cc2)CC1.CCCN(CCC)C(=O)c1ccc(Nc2ccc(-c3cc[nH]c(=O)c3)n3ccnc23)cc1.O=C(c1ccc(Nc2ccc(-c3cc[nH]c(=O)c3)n3ccnc23)cc1)N1CCC(Cc2ccccc2)CC1.O=C(c1ccc(Nc2ccc(-c3cc[nH]c(=O)c3)n3ccnc23)cc1)N1CCc2ccccc2C1. The molecule has 18 aromatic rings. The first kappa shape index (κ1) is 92.4. The normalized spacial score (nSPS) is 13.2. The summed E-state index contributed by atoms with van der Waals surface area (Å²) < 4.78 is 7.80. The second kappa shape index (κ2) is 42.7. The van der Waals surface area contributed by atoms with E-state index in [9.17, 15) is 38.4 Å². The van der Waals surface area contributed by atoms with Crippen LogP contribution in [0.15, 0.2) is 342 Å². The van der Waals surface area contributed by atoms with Crippen LogP contribution in [0.2, 0.25) is 0 Å². The zero-order valence-corrected chi connectivity index (χ0v) is 77.6. The van der Waals surface area contributed by atoms with Crippen molar-refractivity contribution in [2.45, 2.75) is 78.8 Å². The van der Waals surface area contributed by atoms with Crippen LogP contribution in [0.1, 0.15) is 112 Å². The van der Waals surface area contributed by atoms with Crippen LogP contribution in [-0.2, 0) is 19.4 Å². The molecule has 700 valence electrons. The largest absolute Gasteiger partial charge is 0.352 e. The minimum Gasteiger partial charge on any atom is -0.352 e. The van der Waals surface area contributed by atoms with Gasteiger partial charge in [-0.25, -0.2) is 19.9 Å². The Balaban J connectivity index is 0.000000123. The lowest BCUT2D eigenvalue weighted by molar-refractivity contribution is 0.0594. The van der Waals surface area contributed by atoms with Gasteiger partial charge in [0.15, 0.2) is 22.6 Å². The first-order valence-electron chi connectivity index (χ1n) is 47.0. The first-order valence-corrected chi connectivity index (χ1v) is 47.0. The summed E-state index contributed by atoms with van der Waals surface area (Å²) in [5, 5.41) is 13.6. The van der Waals surface area contributed by atoms with Crippen LogP contribution in [-0.4, -0.2) is 171 Å². The van der Waals surface area contributed by atoms with Gasteiger partial charge in [0.25, 0.3) is 23.6 Å². The van der Waals surface area contributed by atoms with Gasteiger partial charge in [-0.15, -0.1) is 0 Å². The van der Waals surface area contributed by atoms with Gasteiger partial charge in [0.05, 0.1) is 45.5 Å². The minimum atomic E-state index is -0.152. The van der Waals surface area contributed by atoms with Crippen LogP contribution in [0.3, 0.4) is 0 Å². The quantitative estimate of drug-likeness (QED) is 0.0295. The molecule has 15 heterocycles. The predicted octanol–water partition coefficient (Wildman–Crippen LogP) is 18.5. The number of fused-ring (bicyclic) bond motifs is 5. The third-order valence-electron chi connectivity index (χ3n) is 25.4. The van der Waals surface area contributed by atoms with Crippen molar-refractivity contribution in [1.29, 1.82) is 0 Å². The Bertz CT molecular complexity index is 7650. The molecule has 0 radical (unpaired) electrons. The first-order chi connectivity index (χ1) is 67.9. The fraction of sp³-hybridized carbons (Fsp3) is 0.200. The lowest BCUT2D eigenvalue weighted by atomic mass is 9.90. The number of nitrogens with one attached hydrogen (secondary N) is 8. The van der Waals surface area contributed by atoms with Crippen LogP contribution in [0, 0.1) is 5.92 Å². The molecule has 0 unspecified atom stereocenters. The average molecular weight is 1850 g/mol. The van der Waals surface area contributed by atoms with E-state index in [1.807, 2.05) is 238 Å². The Morgan fingerprint density at radius 3 is 1.04 bits per heavy atom. The molecule has 4 amide bonds. The number of nitrogens with zero attached hydrogens (tertiary/aromatic N) is 13. The van der Waals surface area contributed by atoms with Gasteiger partial charge in [0.2, 0.25) is 22.2 Å². The van der Waals surface area contributed by atoms with Gasteiger partial charge in [-0.05, 0) is 245 Å². The third kappa shape index (κ3) is 21.7. The number of piperidine rings is 1. The van der Waals surface area contributed by atoms with Crippen LogP contribution >= 0.6 is 0 Å². The highest BCUT2D eigenvalue weighted by molar-refractivity contribution is 5.98. The van der Waals surface area contributed by atoms with Crippen molar-refractivity contribution in [2.24, 2.45) is 5.92 Å². The molecule has 21 rings (SSSR count). The molecule has 0 saturated carbocycles. The van der Waals surface area contributed by atoms with Gasteiger partial charge in [-0.2, -0.15) is 0 Å². The van der Waals surface area contributed by atoms with Crippen molar-refractivity contribution in [3.63, 3.8) is 0 Å². The molecular weight excluding hydrogens is 1740 g/mol. The number of likely N-dealkylation sites (tertiary alicyclic amines) is 1. The maximum absolute atomic E-state index is 13.1. The number of carbonyl (C=O) groups is 4. The zero-order chi connectivity index (χ0) is 95.8. The maximum atomic E-state index is 13.1. The third-order valence-corrected chi connectivity index (χ3v) is 25.4. The van der Waals surface area contributed by atoms with Crippen LogP contribution in [0.5, 0.6) is 0 Å². The second-order valence-corrected chi connectivity index (χ2v) is 35.0. The summed E-state index contributed by atoms with van der Waals surface area (Å²) in [5.41, 5.74) is 22.6. The number of carbonyl (C=O) groups excluding carboxylic acids is 4. The number of H-pyrrole nitrogens is 4. The molecule has 0 bridgehead atoms. The Hall–Kier alpha value is -17.1. The standard InChI is InChI=1S/C31H29N5O2.C28H23N5O2.C26H28N6O2.C25H27N5O2/c37-29-21-25(12-15-32-29)28-11-10-27(30-33-16-19-36(28)30)34-26-8-6-24(7-9-26)31(38)35-17-13-23(14-18-35)20-22-4-2-1-3-5-22;34-26-17-21(11-13-29-26)25-10-9-24(27-30-14-16-33(25)27)31-23-7-5-20(6-8-23)28(35)32-15-12-19-3-1-2-4-22(19)18-32;1-18(2)30-13-15-31(16-14-30)26(34)19-3-5-21(6-4-19)29-22-7-8-23(32-12-11-28-25(22)32)20-9-10-27-24(33)17-20;1-3-14-29(15-4-2)25(32)18-5-7-20(8-6-18)28-21-9-10-22(30-16-13-27-24(21)30)19-11-12-26-23(31)17-19/h1-12,15-16,19,21,23,34H,13-14,17-18,20H2,(H,32,37);1-11,13-14,16-17,31H,12,15,18H2,(H,29,34);3-12,17-18,29H,13-16H2,1-2H3,(H,27,33);5-13,16-17,28H,3-4,14-15H2,1-2H3,(H,26,31). The van der Waals surface area contributed by atoms with E-state index in [0.717, 1.165) is 211 Å². The van der Waals surface area contributed by atoms with E-state index >= 15 is 0 Å². The van der Waals surface area contributed by atoms with Crippen LogP contribution in [0.4, 0.5) is 45.5 Å². The lowest BCUT2D eigenvalue weighted by Gasteiger charge is -2.37. The number of piperazine rings is 1. The number of hydrogen-bond acceptors (Lipinski definition) is 17. The van der Waals surface area contributed by atoms with Gasteiger partial charge in [0, 0.05) is 237 Å². The highest BCUT2D eigenvalue weighted by atomic mass is 16.2. The van der Waals surface area contributed by atoms with Crippen molar-refractivity contribution < 1.29 is 19.2 Å². The molecule has 2 fully saturated rings. The molecule has 3 aliphatic rings. The van der Waals surface area contributed by atoms with Crippen molar-refractivity contribution >= 4 is 91.7 Å². The summed E-state index contributed by atoms with van der Waals surface area (Å²) in [6.45, 7) is 16.4. The van der Waals surface area contributed by atoms with E-state index in [0.29, 0.717) is 40.8 Å². The van der Waals surface area contributed by atoms with E-state index in [4.69, 9.17) is 0 Å². The second-order valence-electron chi connectivity index (χ2n) is 35.0. The monoisotopic (exact) mass is 1850 g/mol. The number of aromatic amines is 4. The summed E-state index contributed by atoms with van der Waals surface area (Å²) in [6, 6.07) is 79.1. The molecule has 6 aromatic carbocycles. The fourth-order valence-corrected chi connectivity index (χ4v) is 18.2. The predicted molar refractivity (Wildman–Crippen MR) is 547 cm³/mol. The summed E-state index contributed by atoms with van der Waals surface area (Å²) in [6.07, 6.45) is 26.9. The van der Waals surface area contributed by atoms with Crippen molar-refractivity contribution in [3.05, 3.63) is 403 Å². The highest BCUT2D eigenvalue weighted by Crippen LogP contribution is 2.35. The molecule has 139 heavy (non-hydrogen) atoms. The number of anilines is 8. The molecule has 8 N–H and O–H groups in total. The number of rotatable bonds is 23. The number of pyridine rings is 8. The Morgan fingerprint density at radius 1 is 0.367 bits per heavy atom. The fourth-order valence-electron chi connectivity index (χ4n) is 18.2. The summed E-state index contributed by atoms with van der Waals surface area (Å²) in [7, 11) is 0. The van der Waals surface area contributed by atoms with E-state index in [-0.39, 0.29) is 45.9 Å². The van der Waals surface area contributed by atoms with Crippen molar-refractivity contribution in [1.82, 2.24) is 82.0 Å². The molecule has 12 aromatic heterocycles. The molecule has 3 aliphatic heterocycles. The topological polar surface area (TPSA) is 333 Å². The number of imidazole rings is 4. The average Bonchev–Trinajstić information content (AvgIpc) is 1.74. The van der Waals surface area contributed by atoms with Gasteiger partial charge in [-0.1, -0.05) is 68.4 Å². The van der Waals surface area contributed by atoms with Gasteiger partial charge >= 0.3 is 0 Å². The molecule has 29 nitrogen and oxygen atoms in total. The molecular formula is C110H107N21O8. The van der Waals surface area contributed by atoms with Crippen molar-refractivity contribution in [2.75, 3.05) is 80.2 Å². The zero-order valence-electron chi connectivity index (χ0n) is 77.6. The minimum absolute atomic E-state index is 0.0453. The van der Waals surface area contributed by atoms with Crippen LogP contribution in [0.25, 0.3) is 67.6 Å². The van der Waals surface area contributed by atoms with Gasteiger partial charge in [-0.3, -0.25) is 60.9 Å². The smallest absolute Gasteiger partial charge is 0.254 e. The highest BCUT2D eigenvalue weighted by Gasteiger charge is 2.28. The Labute approximate surface area is 801 Å². The number of benzene rings is 6. The molecule has 0 aliphatic carbocycles. The number of aromatic nitrogens is 12. The molecule has 0 atom stereocenters. The van der Waals surface area contributed by atoms with E-state index in [1.54, 1.807) is 73.8 Å². The van der Waals surface area contributed by atoms with E-state index < -0.39 is 0 Å². The molecule has 2 saturated heterocycles. The molecule has 0 spiro atoms. The van der Waals surface area contributed by atoms with E-state index in [2.05, 4.69) is 142 Å². The summed E-state index contributed by atoms with van der Waals surface area (Å²) in [4.78, 5) is 138. The van der Waals surface area contributed by atoms with Gasteiger partial charge < -0.3 is 60.8 Å². The van der Waals surface area contributed by atoms with Gasteiger partial charge in [0.1, 0.15) is 0 Å². The maximum Gasteiger partial charge on any atom is 0.254 e. The lowest BCUT2D eigenvalue weighted by Crippen LogP contribution is -2.50. The number of hydrogen-bond donors (Lipinski definition) is 8. The summed E-state index contributed by atoms with van der Waals surface area (Å²) in [5.74, 6) is 0.906. The number of amides is 4. The van der Waals surface area contributed by atoms with E-state index in [1.165, 1.54) is 16.7 Å². The summed E-state index contributed by atoms with van der Waals surface area (Å²) >= 11 is 0.